The minimum Gasteiger partial charge on any atom is -0.470 e. The van der Waals surface area contributed by atoms with E-state index >= 15 is 0 Å². The first-order valence-corrected chi connectivity index (χ1v) is 10.7. The van der Waals surface area contributed by atoms with Crippen molar-refractivity contribution < 1.29 is 13.9 Å². The Hall–Kier alpha value is -4.24. The maximum atomic E-state index is 6.73. The van der Waals surface area contributed by atoms with E-state index in [2.05, 4.69) is 54.6 Å². The van der Waals surface area contributed by atoms with E-state index in [1.165, 1.54) is 0 Å². The van der Waals surface area contributed by atoms with Gasteiger partial charge in [0.2, 0.25) is 5.60 Å². The molecule has 0 bridgehead atoms. The van der Waals surface area contributed by atoms with Gasteiger partial charge in [0.15, 0.2) is 5.76 Å². The fourth-order valence-corrected chi connectivity index (χ4v) is 4.65. The summed E-state index contributed by atoms with van der Waals surface area (Å²) in [5.41, 5.74) is 2.08. The molecule has 2 aliphatic heterocycles. The smallest absolute Gasteiger partial charge is 0.210 e. The summed E-state index contributed by atoms with van der Waals surface area (Å²) in [5, 5.41) is 3.04. The minimum absolute atomic E-state index is 0.757. The highest BCUT2D eigenvalue weighted by atomic mass is 16.5. The number of fused-ring (bicyclic) bond motifs is 4. The Labute approximate surface area is 184 Å². The number of hydrogen-bond acceptors (Lipinski definition) is 3. The molecule has 0 spiro atoms. The van der Waals surface area contributed by atoms with Crippen LogP contribution in [0.2, 0.25) is 0 Å². The van der Waals surface area contributed by atoms with Crippen molar-refractivity contribution in [3.8, 4) is 17.2 Å². The van der Waals surface area contributed by atoms with Gasteiger partial charge in [-0.15, -0.1) is 0 Å². The van der Waals surface area contributed by atoms with Crippen LogP contribution in [0.25, 0.3) is 23.1 Å². The molecular weight excluding hydrogens is 396 g/mol. The van der Waals surface area contributed by atoms with E-state index in [0.717, 1.165) is 55.5 Å². The van der Waals surface area contributed by atoms with E-state index in [1.54, 1.807) is 0 Å². The summed E-state index contributed by atoms with van der Waals surface area (Å²) in [6.45, 7) is 0. The van der Waals surface area contributed by atoms with Crippen LogP contribution in [0.4, 0.5) is 0 Å². The largest absolute Gasteiger partial charge is 0.470 e. The van der Waals surface area contributed by atoms with Gasteiger partial charge in [-0.05, 0) is 42.5 Å². The zero-order valence-electron chi connectivity index (χ0n) is 17.1. The van der Waals surface area contributed by atoms with E-state index in [-0.39, 0.29) is 0 Å². The molecule has 7 rings (SSSR count). The lowest BCUT2D eigenvalue weighted by Crippen LogP contribution is -2.29. The Bertz CT molecular complexity index is 1600. The summed E-state index contributed by atoms with van der Waals surface area (Å²) in [6.07, 6.45) is 4.28. The minimum atomic E-state index is -0.848. The maximum absolute atomic E-state index is 6.73. The van der Waals surface area contributed by atoms with Gasteiger partial charge < -0.3 is 13.9 Å². The summed E-state index contributed by atoms with van der Waals surface area (Å²) in [5.74, 6) is 3.26. The van der Waals surface area contributed by atoms with Crippen LogP contribution in [0.15, 0.2) is 101 Å². The van der Waals surface area contributed by atoms with Gasteiger partial charge in [0, 0.05) is 27.0 Å². The SMILES string of the molecule is C1=c2cc3c(cc2Oc2ccccc21)=CC(c1ccccc1)(c1cc2ccccc2o1)O3. The molecule has 5 aromatic rings. The number of ether oxygens (including phenoxy) is 2. The van der Waals surface area contributed by atoms with Crippen LogP contribution < -0.4 is 19.9 Å². The molecule has 3 nitrogen and oxygen atoms in total. The predicted molar refractivity (Wildman–Crippen MR) is 124 cm³/mol. The third kappa shape index (κ3) is 2.48. The van der Waals surface area contributed by atoms with Crippen molar-refractivity contribution >= 4 is 23.1 Å². The Balaban J connectivity index is 1.45. The molecule has 0 fully saturated rings. The van der Waals surface area contributed by atoms with E-state index in [1.807, 2.05) is 54.6 Å². The summed E-state index contributed by atoms with van der Waals surface area (Å²) in [7, 11) is 0. The second-order valence-corrected chi connectivity index (χ2v) is 8.21. The summed E-state index contributed by atoms with van der Waals surface area (Å²) in [4.78, 5) is 0. The van der Waals surface area contributed by atoms with E-state index in [0.29, 0.717) is 0 Å². The molecule has 2 aliphatic rings. The molecule has 1 unspecified atom stereocenters. The topological polar surface area (TPSA) is 31.6 Å². The quantitative estimate of drug-likeness (QED) is 0.376. The Morgan fingerprint density at radius 3 is 2.31 bits per heavy atom. The fourth-order valence-electron chi connectivity index (χ4n) is 4.65. The Morgan fingerprint density at radius 1 is 0.625 bits per heavy atom. The second-order valence-electron chi connectivity index (χ2n) is 8.21. The molecule has 4 aromatic carbocycles. The summed E-state index contributed by atoms with van der Waals surface area (Å²) in [6, 6.07) is 32.5. The van der Waals surface area contributed by atoms with Crippen molar-refractivity contribution in [2.75, 3.05) is 0 Å². The van der Waals surface area contributed by atoms with Gasteiger partial charge in [0.1, 0.15) is 22.8 Å². The van der Waals surface area contributed by atoms with Gasteiger partial charge in [-0.1, -0.05) is 66.7 Å². The third-order valence-electron chi connectivity index (χ3n) is 6.22. The van der Waals surface area contributed by atoms with Crippen molar-refractivity contribution in [1.29, 1.82) is 0 Å². The van der Waals surface area contributed by atoms with Crippen LogP contribution in [0.5, 0.6) is 17.2 Å². The predicted octanol–water partition coefficient (Wildman–Crippen LogP) is 5.48. The molecule has 0 radical (unpaired) electrons. The highest BCUT2D eigenvalue weighted by molar-refractivity contribution is 5.79. The Morgan fingerprint density at radius 2 is 1.41 bits per heavy atom. The summed E-state index contributed by atoms with van der Waals surface area (Å²) < 4.78 is 19.2. The molecule has 0 saturated heterocycles. The van der Waals surface area contributed by atoms with Crippen LogP contribution >= 0.6 is 0 Å². The molecule has 3 heteroatoms. The van der Waals surface area contributed by atoms with Crippen molar-refractivity contribution in [3.05, 3.63) is 124 Å². The molecule has 0 aliphatic carbocycles. The molecule has 0 N–H and O–H groups in total. The zero-order chi connectivity index (χ0) is 21.1. The van der Waals surface area contributed by atoms with Gasteiger partial charge in [0.25, 0.3) is 0 Å². The highest BCUT2D eigenvalue weighted by Crippen LogP contribution is 2.42. The first kappa shape index (κ1) is 17.4. The fraction of sp³-hybridized carbons (Fsp3) is 0.0345. The second kappa shape index (κ2) is 6.38. The van der Waals surface area contributed by atoms with Gasteiger partial charge in [0.05, 0.1) is 0 Å². The van der Waals surface area contributed by atoms with Gasteiger partial charge in [-0.2, -0.15) is 0 Å². The highest BCUT2D eigenvalue weighted by Gasteiger charge is 2.42. The standard InChI is InChI=1S/C29H18O3/c1-2-10-23(11-3-1)29(28-17-20-9-5-7-13-25(20)31-28)18-22-16-26-21(15-27(22)32-29)14-19-8-4-6-12-24(19)30-26/h1-18H. The third-order valence-corrected chi connectivity index (χ3v) is 6.22. The van der Waals surface area contributed by atoms with E-state index in [4.69, 9.17) is 13.9 Å². The lowest BCUT2D eigenvalue weighted by molar-refractivity contribution is 0.164. The first-order chi connectivity index (χ1) is 15.8. The van der Waals surface area contributed by atoms with Crippen LogP contribution in [-0.4, -0.2) is 0 Å². The van der Waals surface area contributed by atoms with Gasteiger partial charge >= 0.3 is 0 Å². The first-order valence-electron chi connectivity index (χ1n) is 10.7. The molecule has 1 aromatic heterocycles. The monoisotopic (exact) mass is 414 g/mol. The van der Waals surface area contributed by atoms with Crippen molar-refractivity contribution in [2.45, 2.75) is 5.60 Å². The molecule has 0 saturated carbocycles. The lowest BCUT2D eigenvalue weighted by Gasteiger charge is -2.26. The van der Waals surface area contributed by atoms with Crippen LogP contribution in [-0.2, 0) is 5.60 Å². The van der Waals surface area contributed by atoms with Crippen molar-refractivity contribution in [1.82, 2.24) is 0 Å². The van der Waals surface area contributed by atoms with Gasteiger partial charge in [-0.25, -0.2) is 0 Å². The maximum Gasteiger partial charge on any atom is 0.210 e. The molecule has 0 amide bonds. The molecular formula is C29H18O3. The average Bonchev–Trinajstić information content (AvgIpc) is 3.44. The molecule has 1 atom stereocenters. The molecule has 152 valence electrons. The zero-order valence-corrected chi connectivity index (χ0v) is 17.1. The lowest BCUT2D eigenvalue weighted by atomic mass is 9.90. The number of benzene rings is 4. The van der Waals surface area contributed by atoms with Crippen molar-refractivity contribution in [2.24, 2.45) is 0 Å². The number of para-hydroxylation sites is 2. The van der Waals surface area contributed by atoms with Crippen LogP contribution in [0.3, 0.4) is 0 Å². The number of furan rings is 1. The van der Waals surface area contributed by atoms with E-state index in [9.17, 15) is 0 Å². The normalized spacial score (nSPS) is 17.9. The van der Waals surface area contributed by atoms with Gasteiger partial charge in [-0.3, -0.25) is 0 Å². The Kier molecular flexibility index (Phi) is 3.48. The van der Waals surface area contributed by atoms with Crippen LogP contribution in [0, 0.1) is 0 Å². The number of hydrogen-bond donors (Lipinski definition) is 0. The van der Waals surface area contributed by atoms with Crippen LogP contribution in [0.1, 0.15) is 16.9 Å². The van der Waals surface area contributed by atoms with Crippen molar-refractivity contribution in [3.63, 3.8) is 0 Å². The number of rotatable bonds is 2. The van der Waals surface area contributed by atoms with E-state index < -0.39 is 5.60 Å². The summed E-state index contributed by atoms with van der Waals surface area (Å²) >= 11 is 0. The molecule has 3 heterocycles. The average molecular weight is 414 g/mol. The molecule has 32 heavy (non-hydrogen) atoms.